The Morgan fingerprint density at radius 2 is 2.11 bits per heavy atom. The number of hydrogen-bond donors (Lipinski definition) is 1. The van der Waals surface area contributed by atoms with Crippen LogP contribution in [-0.2, 0) is 6.42 Å². The van der Waals surface area contributed by atoms with Crippen molar-refractivity contribution in [1.29, 1.82) is 0 Å². The van der Waals surface area contributed by atoms with Crippen molar-refractivity contribution < 1.29 is 4.74 Å². The first-order valence-corrected chi connectivity index (χ1v) is 7.21. The predicted molar refractivity (Wildman–Crippen MR) is 78.7 cm³/mol. The maximum absolute atomic E-state index is 6.09. The van der Waals surface area contributed by atoms with Crippen molar-refractivity contribution in [1.82, 2.24) is 5.32 Å². The molecular formula is C15H24ClNO. The third kappa shape index (κ3) is 5.28. The van der Waals surface area contributed by atoms with Gasteiger partial charge in [0.05, 0.1) is 6.10 Å². The Hall–Kier alpha value is -0.730. The summed E-state index contributed by atoms with van der Waals surface area (Å²) in [6, 6.07) is 5.91. The van der Waals surface area contributed by atoms with Gasteiger partial charge in [-0.05, 0) is 63.0 Å². The fourth-order valence-corrected chi connectivity index (χ4v) is 2.13. The molecular weight excluding hydrogens is 246 g/mol. The highest BCUT2D eigenvalue weighted by Gasteiger charge is 2.06. The smallest absolute Gasteiger partial charge is 0.120 e. The minimum absolute atomic E-state index is 0.245. The topological polar surface area (TPSA) is 21.3 Å². The summed E-state index contributed by atoms with van der Waals surface area (Å²) in [6.07, 6.45) is 3.39. The molecule has 1 aromatic rings. The molecule has 0 aliphatic rings. The zero-order chi connectivity index (χ0) is 13.4. The van der Waals surface area contributed by atoms with Gasteiger partial charge in [-0.2, -0.15) is 0 Å². The average molecular weight is 270 g/mol. The van der Waals surface area contributed by atoms with E-state index in [2.05, 4.69) is 26.1 Å². The van der Waals surface area contributed by atoms with Gasteiger partial charge in [0.15, 0.2) is 0 Å². The van der Waals surface area contributed by atoms with Gasteiger partial charge in [0.2, 0.25) is 0 Å². The molecule has 2 nitrogen and oxygen atoms in total. The summed E-state index contributed by atoms with van der Waals surface area (Å²) in [4.78, 5) is 0. The third-order valence-electron chi connectivity index (χ3n) is 2.95. The van der Waals surface area contributed by atoms with E-state index in [-0.39, 0.29) is 6.10 Å². The van der Waals surface area contributed by atoms with Gasteiger partial charge in [-0.25, -0.2) is 0 Å². The Bertz CT molecular complexity index is 354. The molecule has 0 aromatic heterocycles. The van der Waals surface area contributed by atoms with E-state index in [0.717, 1.165) is 48.7 Å². The first kappa shape index (κ1) is 15.3. The molecule has 1 rings (SSSR count). The second-order valence-corrected chi connectivity index (χ2v) is 4.94. The fraction of sp³-hybridized carbons (Fsp3) is 0.600. The summed E-state index contributed by atoms with van der Waals surface area (Å²) in [6.45, 7) is 8.44. The molecule has 0 bridgehead atoms. The quantitative estimate of drug-likeness (QED) is 0.719. The molecule has 1 unspecified atom stereocenters. The number of halogens is 1. The lowest BCUT2D eigenvalue weighted by Gasteiger charge is -2.15. The molecule has 0 aliphatic carbocycles. The van der Waals surface area contributed by atoms with Crippen molar-refractivity contribution in [3.8, 4) is 5.75 Å². The minimum atomic E-state index is 0.245. The van der Waals surface area contributed by atoms with Gasteiger partial charge in [0.1, 0.15) is 5.75 Å². The van der Waals surface area contributed by atoms with Crippen molar-refractivity contribution in [3.63, 3.8) is 0 Å². The molecule has 0 amide bonds. The number of benzene rings is 1. The maximum atomic E-state index is 6.09. The largest absolute Gasteiger partial charge is 0.491 e. The molecule has 0 aliphatic heterocycles. The van der Waals surface area contributed by atoms with Crippen molar-refractivity contribution >= 4 is 11.6 Å². The fourth-order valence-electron chi connectivity index (χ4n) is 1.88. The van der Waals surface area contributed by atoms with Gasteiger partial charge in [-0.1, -0.05) is 25.4 Å². The Morgan fingerprint density at radius 1 is 1.33 bits per heavy atom. The van der Waals surface area contributed by atoms with E-state index >= 15 is 0 Å². The van der Waals surface area contributed by atoms with Gasteiger partial charge in [-0.3, -0.25) is 0 Å². The summed E-state index contributed by atoms with van der Waals surface area (Å²) in [5.74, 6) is 0.923. The summed E-state index contributed by atoms with van der Waals surface area (Å²) in [5, 5.41) is 4.14. The number of ether oxygens (including phenoxy) is 1. The van der Waals surface area contributed by atoms with E-state index in [1.807, 2.05) is 18.2 Å². The molecule has 0 saturated heterocycles. The summed E-state index contributed by atoms with van der Waals surface area (Å²) in [5.41, 5.74) is 1.15. The molecule has 1 aromatic carbocycles. The van der Waals surface area contributed by atoms with Gasteiger partial charge in [0.25, 0.3) is 0 Å². The number of nitrogens with one attached hydrogen (secondary N) is 1. The molecule has 0 saturated carbocycles. The Balaban J connectivity index is 2.41. The van der Waals surface area contributed by atoms with Gasteiger partial charge < -0.3 is 10.1 Å². The number of aryl methyl sites for hydroxylation is 1. The van der Waals surface area contributed by atoms with Gasteiger partial charge in [0, 0.05) is 5.02 Å². The highest BCUT2D eigenvalue weighted by atomic mass is 35.5. The predicted octanol–water partition coefficient (Wildman–Crippen LogP) is 4.06. The lowest BCUT2D eigenvalue weighted by molar-refractivity contribution is 0.207. The lowest BCUT2D eigenvalue weighted by atomic mass is 10.1. The SMILES string of the molecule is CCNCCCC(C)Oc1ccc(Cl)c(CC)c1. The Kier molecular flexibility index (Phi) is 7.14. The van der Waals surface area contributed by atoms with Gasteiger partial charge in [-0.15, -0.1) is 0 Å². The molecule has 0 spiro atoms. The zero-order valence-corrected chi connectivity index (χ0v) is 12.4. The molecule has 102 valence electrons. The van der Waals surface area contributed by atoms with Crippen LogP contribution in [0.1, 0.15) is 39.2 Å². The van der Waals surface area contributed by atoms with Crippen molar-refractivity contribution in [2.75, 3.05) is 13.1 Å². The van der Waals surface area contributed by atoms with Crippen molar-refractivity contribution in [2.24, 2.45) is 0 Å². The molecule has 1 atom stereocenters. The second-order valence-electron chi connectivity index (χ2n) is 4.53. The summed E-state index contributed by atoms with van der Waals surface area (Å²) < 4.78 is 5.91. The average Bonchev–Trinajstić information content (AvgIpc) is 2.37. The highest BCUT2D eigenvalue weighted by Crippen LogP contribution is 2.23. The van der Waals surface area contributed by atoms with Crippen molar-refractivity contribution in [2.45, 2.75) is 46.1 Å². The van der Waals surface area contributed by atoms with Crippen LogP contribution in [0.15, 0.2) is 18.2 Å². The number of hydrogen-bond acceptors (Lipinski definition) is 2. The Morgan fingerprint density at radius 3 is 2.78 bits per heavy atom. The lowest BCUT2D eigenvalue weighted by Crippen LogP contribution is -2.18. The summed E-state index contributed by atoms with van der Waals surface area (Å²) >= 11 is 6.09. The van der Waals surface area contributed by atoms with E-state index in [4.69, 9.17) is 16.3 Å². The van der Waals surface area contributed by atoms with Gasteiger partial charge >= 0.3 is 0 Å². The normalized spacial score (nSPS) is 12.4. The molecule has 0 radical (unpaired) electrons. The van der Waals surface area contributed by atoms with Crippen LogP contribution in [0.2, 0.25) is 5.02 Å². The van der Waals surface area contributed by atoms with E-state index < -0.39 is 0 Å². The monoisotopic (exact) mass is 269 g/mol. The molecule has 1 N–H and O–H groups in total. The van der Waals surface area contributed by atoms with E-state index in [9.17, 15) is 0 Å². The van der Waals surface area contributed by atoms with Crippen LogP contribution in [-0.4, -0.2) is 19.2 Å². The third-order valence-corrected chi connectivity index (χ3v) is 3.32. The van der Waals surface area contributed by atoms with Crippen LogP contribution in [0.3, 0.4) is 0 Å². The minimum Gasteiger partial charge on any atom is -0.491 e. The van der Waals surface area contributed by atoms with E-state index in [0.29, 0.717) is 0 Å². The van der Waals surface area contributed by atoms with Crippen LogP contribution >= 0.6 is 11.6 Å². The highest BCUT2D eigenvalue weighted by molar-refractivity contribution is 6.31. The standard InChI is InChI=1S/C15H24ClNO/c1-4-13-11-14(8-9-15(13)16)18-12(3)7-6-10-17-5-2/h8-9,11-12,17H,4-7,10H2,1-3H3. The van der Waals surface area contributed by atoms with Crippen LogP contribution in [0.4, 0.5) is 0 Å². The second kappa shape index (κ2) is 8.39. The van der Waals surface area contributed by atoms with E-state index in [1.165, 1.54) is 0 Å². The molecule has 0 heterocycles. The maximum Gasteiger partial charge on any atom is 0.120 e. The molecule has 18 heavy (non-hydrogen) atoms. The first-order chi connectivity index (χ1) is 8.67. The molecule has 0 fully saturated rings. The zero-order valence-electron chi connectivity index (χ0n) is 11.6. The summed E-state index contributed by atoms with van der Waals surface area (Å²) in [7, 11) is 0. The van der Waals surface area contributed by atoms with Crippen LogP contribution in [0.5, 0.6) is 5.75 Å². The van der Waals surface area contributed by atoms with Crippen molar-refractivity contribution in [3.05, 3.63) is 28.8 Å². The van der Waals surface area contributed by atoms with Crippen LogP contribution < -0.4 is 10.1 Å². The van der Waals surface area contributed by atoms with E-state index in [1.54, 1.807) is 0 Å². The first-order valence-electron chi connectivity index (χ1n) is 6.83. The molecule has 3 heteroatoms. The Labute approximate surface area is 116 Å². The number of rotatable bonds is 8. The van der Waals surface area contributed by atoms with Crippen LogP contribution in [0.25, 0.3) is 0 Å². The van der Waals surface area contributed by atoms with Crippen LogP contribution in [0, 0.1) is 0 Å².